The molecule has 0 N–H and O–H groups in total. The molecule has 1 nitrogen and oxygen atoms in total. The zero-order chi connectivity index (χ0) is 12.5. The Balaban J connectivity index is 2.26. The van der Waals surface area contributed by atoms with Crippen LogP contribution in [0, 0.1) is 0 Å². The molecule has 1 aromatic heterocycles. The summed E-state index contributed by atoms with van der Waals surface area (Å²) in [5.41, 5.74) is 1.10. The van der Waals surface area contributed by atoms with Gasteiger partial charge in [0.2, 0.25) is 0 Å². The maximum atomic E-state index is 4.72. The average Bonchev–Trinajstić information content (AvgIpc) is 2.81. The highest BCUT2D eigenvalue weighted by Crippen LogP contribution is 2.30. The number of thiazole rings is 1. The molecule has 0 saturated heterocycles. The van der Waals surface area contributed by atoms with Crippen molar-refractivity contribution in [2.24, 2.45) is 0 Å². The van der Waals surface area contributed by atoms with Crippen LogP contribution in [0.4, 0.5) is 0 Å². The molecular weight excluding hydrogens is 258 g/mol. The van der Waals surface area contributed by atoms with Crippen LogP contribution >= 0.6 is 24.0 Å². The highest BCUT2D eigenvalue weighted by molar-refractivity contribution is 7.84. The SMILES string of the molecule is CC/C(S)=C\c1nc2c(ccc3ccccc32)s1. The topological polar surface area (TPSA) is 12.9 Å². The van der Waals surface area contributed by atoms with Crippen molar-refractivity contribution in [1.82, 2.24) is 4.98 Å². The average molecular weight is 271 g/mol. The van der Waals surface area contributed by atoms with Gasteiger partial charge in [-0.05, 0) is 28.9 Å². The van der Waals surface area contributed by atoms with Crippen LogP contribution in [0.3, 0.4) is 0 Å². The third-order valence-corrected chi connectivity index (χ3v) is 4.37. The Morgan fingerprint density at radius 2 is 2.11 bits per heavy atom. The third kappa shape index (κ3) is 2.04. The van der Waals surface area contributed by atoms with Crippen molar-refractivity contribution in [3.63, 3.8) is 0 Å². The summed E-state index contributed by atoms with van der Waals surface area (Å²) in [5.74, 6) is 0. The minimum absolute atomic E-state index is 0.944. The fourth-order valence-corrected chi connectivity index (χ4v) is 3.15. The van der Waals surface area contributed by atoms with Gasteiger partial charge in [0.15, 0.2) is 0 Å². The zero-order valence-corrected chi connectivity index (χ0v) is 11.8. The van der Waals surface area contributed by atoms with E-state index in [-0.39, 0.29) is 0 Å². The molecule has 0 spiro atoms. The van der Waals surface area contributed by atoms with Crippen molar-refractivity contribution in [1.29, 1.82) is 0 Å². The van der Waals surface area contributed by atoms with Crippen molar-refractivity contribution in [3.8, 4) is 0 Å². The van der Waals surface area contributed by atoms with E-state index in [0.29, 0.717) is 0 Å². The number of thiol groups is 1. The first-order valence-corrected chi connectivity index (χ1v) is 7.22. The molecule has 0 saturated carbocycles. The minimum atomic E-state index is 0.944. The van der Waals surface area contributed by atoms with Crippen LogP contribution in [-0.2, 0) is 0 Å². The molecule has 0 radical (unpaired) electrons. The Labute approximate surface area is 116 Å². The van der Waals surface area contributed by atoms with Crippen LogP contribution in [0.25, 0.3) is 27.1 Å². The van der Waals surface area contributed by atoms with Gasteiger partial charge < -0.3 is 0 Å². The molecule has 3 aromatic rings. The number of fused-ring (bicyclic) bond motifs is 3. The molecule has 0 aliphatic rings. The van der Waals surface area contributed by atoms with E-state index < -0.39 is 0 Å². The first kappa shape index (κ1) is 11.8. The van der Waals surface area contributed by atoms with E-state index >= 15 is 0 Å². The molecule has 0 bridgehead atoms. The fourth-order valence-electron chi connectivity index (χ4n) is 1.98. The van der Waals surface area contributed by atoms with Crippen molar-refractivity contribution < 1.29 is 0 Å². The molecule has 2 aromatic carbocycles. The summed E-state index contributed by atoms with van der Waals surface area (Å²) in [6.07, 6.45) is 3.00. The van der Waals surface area contributed by atoms with Crippen molar-refractivity contribution in [2.45, 2.75) is 13.3 Å². The van der Waals surface area contributed by atoms with Crippen molar-refractivity contribution >= 4 is 51.0 Å². The number of aromatic nitrogens is 1. The lowest BCUT2D eigenvalue weighted by Gasteiger charge is -1.96. The zero-order valence-electron chi connectivity index (χ0n) is 10.1. The summed E-state index contributed by atoms with van der Waals surface area (Å²) in [4.78, 5) is 5.79. The highest BCUT2D eigenvalue weighted by Gasteiger charge is 2.05. The largest absolute Gasteiger partial charge is 0.236 e. The number of rotatable bonds is 2. The Bertz CT molecular complexity index is 740. The Morgan fingerprint density at radius 3 is 2.94 bits per heavy atom. The molecule has 0 amide bonds. The van der Waals surface area contributed by atoms with E-state index in [0.717, 1.165) is 21.9 Å². The normalized spacial score (nSPS) is 12.4. The van der Waals surface area contributed by atoms with Crippen LogP contribution in [0.1, 0.15) is 18.4 Å². The second kappa shape index (κ2) is 4.75. The van der Waals surface area contributed by atoms with Crippen LogP contribution < -0.4 is 0 Å². The minimum Gasteiger partial charge on any atom is -0.236 e. The van der Waals surface area contributed by atoms with Gasteiger partial charge in [-0.15, -0.1) is 24.0 Å². The van der Waals surface area contributed by atoms with Gasteiger partial charge in [0.25, 0.3) is 0 Å². The summed E-state index contributed by atoms with van der Waals surface area (Å²) in [5, 5.41) is 3.50. The summed E-state index contributed by atoms with van der Waals surface area (Å²) >= 11 is 6.14. The molecule has 0 fully saturated rings. The predicted molar refractivity (Wildman–Crippen MR) is 84.4 cm³/mol. The molecule has 18 heavy (non-hydrogen) atoms. The second-order valence-electron chi connectivity index (χ2n) is 4.17. The number of hydrogen-bond donors (Lipinski definition) is 1. The molecule has 3 heteroatoms. The summed E-state index contributed by atoms with van der Waals surface area (Å²) < 4.78 is 1.23. The molecule has 90 valence electrons. The first-order chi connectivity index (χ1) is 8.78. The standard InChI is InChI=1S/C15H13NS2/c1-2-11(17)9-14-16-15-12-6-4-3-5-10(12)7-8-13(15)18-14/h3-9,17H,2H2,1H3/b11-9+. The lowest BCUT2D eigenvalue weighted by molar-refractivity contribution is 1.21. The molecule has 0 unspecified atom stereocenters. The van der Waals surface area contributed by atoms with Crippen molar-refractivity contribution in [2.75, 3.05) is 0 Å². The monoisotopic (exact) mass is 271 g/mol. The maximum absolute atomic E-state index is 4.72. The number of nitrogens with zero attached hydrogens (tertiary/aromatic N) is 1. The smallest absolute Gasteiger partial charge is 0.118 e. The Hall–Kier alpha value is -1.32. The predicted octanol–water partition coefficient (Wildman–Crippen LogP) is 5.13. The van der Waals surface area contributed by atoms with Gasteiger partial charge in [-0.3, -0.25) is 0 Å². The van der Waals surface area contributed by atoms with Gasteiger partial charge in [0.05, 0.1) is 10.2 Å². The fraction of sp³-hybridized carbons (Fsp3) is 0.133. The van der Waals surface area contributed by atoms with Crippen LogP contribution in [0.5, 0.6) is 0 Å². The van der Waals surface area contributed by atoms with E-state index in [1.165, 1.54) is 15.5 Å². The van der Waals surface area contributed by atoms with Crippen LogP contribution in [0.15, 0.2) is 41.3 Å². The first-order valence-electron chi connectivity index (χ1n) is 5.96. The van der Waals surface area contributed by atoms with E-state index in [4.69, 9.17) is 4.98 Å². The van der Waals surface area contributed by atoms with Crippen LogP contribution in [0.2, 0.25) is 0 Å². The highest BCUT2D eigenvalue weighted by atomic mass is 32.1. The lowest BCUT2D eigenvalue weighted by atomic mass is 10.1. The number of benzene rings is 2. The third-order valence-electron chi connectivity index (χ3n) is 2.95. The van der Waals surface area contributed by atoms with Gasteiger partial charge in [-0.25, -0.2) is 4.98 Å². The van der Waals surface area contributed by atoms with Gasteiger partial charge in [-0.2, -0.15) is 0 Å². The number of allylic oxidation sites excluding steroid dienone is 1. The quantitative estimate of drug-likeness (QED) is 0.637. The molecule has 1 heterocycles. The van der Waals surface area contributed by atoms with E-state index in [1.807, 2.05) is 0 Å². The van der Waals surface area contributed by atoms with Crippen LogP contribution in [-0.4, -0.2) is 4.98 Å². The van der Waals surface area contributed by atoms with E-state index in [1.54, 1.807) is 11.3 Å². The molecule has 3 rings (SSSR count). The van der Waals surface area contributed by atoms with Gasteiger partial charge in [0, 0.05) is 5.39 Å². The second-order valence-corrected chi connectivity index (χ2v) is 5.81. The van der Waals surface area contributed by atoms with E-state index in [2.05, 4.69) is 62.0 Å². The maximum Gasteiger partial charge on any atom is 0.118 e. The van der Waals surface area contributed by atoms with Gasteiger partial charge in [-0.1, -0.05) is 37.3 Å². The Kier molecular flexibility index (Phi) is 3.10. The molecule has 0 aliphatic carbocycles. The Morgan fingerprint density at radius 1 is 1.28 bits per heavy atom. The van der Waals surface area contributed by atoms with Crippen molar-refractivity contribution in [3.05, 3.63) is 46.3 Å². The lowest BCUT2D eigenvalue weighted by Crippen LogP contribution is -1.75. The van der Waals surface area contributed by atoms with Gasteiger partial charge >= 0.3 is 0 Å². The van der Waals surface area contributed by atoms with E-state index in [9.17, 15) is 0 Å². The summed E-state index contributed by atoms with van der Waals surface area (Å²) in [6.45, 7) is 2.10. The molecule has 0 aliphatic heterocycles. The molecule has 0 atom stereocenters. The summed E-state index contributed by atoms with van der Waals surface area (Å²) in [7, 11) is 0. The van der Waals surface area contributed by atoms with Gasteiger partial charge in [0.1, 0.15) is 5.01 Å². The number of hydrogen-bond acceptors (Lipinski definition) is 3. The summed E-state index contributed by atoms with van der Waals surface area (Å²) in [6, 6.07) is 12.7. The molecular formula is C15H13NS2.